The van der Waals surface area contributed by atoms with E-state index in [0.29, 0.717) is 5.78 Å². The summed E-state index contributed by atoms with van der Waals surface area (Å²) in [5, 5.41) is 1.22. The summed E-state index contributed by atoms with van der Waals surface area (Å²) in [7, 11) is 0. The van der Waals surface area contributed by atoms with Crippen molar-refractivity contribution in [3.8, 4) is 0 Å². The Morgan fingerprint density at radius 2 is 2.20 bits per heavy atom. The summed E-state index contributed by atoms with van der Waals surface area (Å²) in [6, 6.07) is 10.4. The van der Waals surface area contributed by atoms with Crippen LogP contribution in [-0.4, -0.2) is 28.8 Å². The number of carbonyl (C=O) groups is 1. The van der Waals surface area contributed by atoms with Crippen molar-refractivity contribution >= 4 is 16.7 Å². The number of nitrogens with zero attached hydrogens (tertiary/aromatic N) is 2. The number of Topliss-reactive ketones (excluding diaryl/α,β-unsaturated/α-hetero) is 1. The Bertz CT molecular complexity index is 618. The fourth-order valence-corrected chi connectivity index (χ4v) is 3.06. The van der Waals surface area contributed by atoms with Gasteiger partial charge >= 0.3 is 0 Å². The smallest absolute Gasteiger partial charge is 0.134 e. The molecule has 1 aromatic heterocycles. The molecule has 2 aromatic rings. The Morgan fingerprint density at radius 3 is 3.05 bits per heavy atom. The second-order valence-electron chi connectivity index (χ2n) is 5.67. The third-order valence-electron chi connectivity index (χ3n) is 4.21. The van der Waals surface area contributed by atoms with E-state index < -0.39 is 0 Å². The third-order valence-corrected chi connectivity index (χ3v) is 4.21. The zero-order valence-electron chi connectivity index (χ0n) is 11.9. The number of pyridine rings is 1. The van der Waals surface area contributed by atoms with E-state index in [1.807, 2.05) is 18.3 Å². The molecule has 1 aromatic carbocycles. The Balaban J connectivity index is 1.81. The van der Waals surface area contributed by atoms with E-state index in [9.17, 15) is 4.79 Å². The van der Waals surface area contributed by atoms with Crippen LogP contribution in [0, 0.1) is 5.92 Å². The lowest BCUT2D eigenvalue weighted by Gasteiger charge is -2.31. The molecule has 0 saturated carbocycles. The van der Waals surface area contributed by atoms with Crippen LogP contribution in [0.25, 0.3) is 10.9 Å². The Labute approximate surface area is 119 Å². The van der Waals surface area contributed by atoms with Crippen LogP contribution in [0.15, 0.2) is 36.5 Å². The summed E-state index contributed by atoms with van der Waals surface area (Å²) in [5.74, 6) is 0.547. The van der Waals surface area contributed by atoms with E-state index in [2.05, 4.69) is 28.1 Å². The number of fused-ring (bicyclic) bond motifs is 1. The van der Waals surface area contributed by atoms with E-state index in [-0.39, 0.29) is 5.92 Å². The highest BCUT2D eigenvalue weighted by Crippen LogP contribution is 2.22. The molecule has 2 heterocycles. The van der Waals surface area contributed by atoms with Gasteiger partial charge in [-0.25, -0.2) is 0 Å². The van der Waals surface area contributed by atoms with Gasteiger partial charge in [0.05, 0.1) is 5.52 Å². The minimum absolute atomic E-state index is 0.219. The molecular formula is C17H20N2O. The Morgan fingerprint density at radius 1 is 1.35 bits per heavy atom. The molecule has 20 heavy (non-hydrogen) atoms. The maximum atomic E-state index is 11.6. The van der Waals surface area contributed by atoms with Crippen molar-refractivity contribution in [2.45, 2.75) is 26.3 Å². The lowest BCUT2D eigenvalue weighted by Crippen LogP contribution is -2.37. The molecule has 1 atom stereocenters. The van der Waals surface area contributed by atoms with Gasteiger partial charge in [0.2, 0.25) is 0 Å². The van der Waals surface area contributed by atoms with Gasteiger partial charge in [0, 0.05) is 30.6 Å². The second kappa shape index (κ2) is 5.71. The van der Waals surface area contributed by atoms with Gasteiger partial charge in [-0.2, -0.15) is 0 Å². The van der Waals surface area contributed by atoms with Crippen LogP contribution >= 0.6 is 0 Å². The highest BCUT2D eigenvalue weighted by Gasteiger charge is 2.23. The van der Waals surface area contributed by atoms with Crippen molar-refractivity contribution in [1.82, 2.24) is 9.88 Å². The van der Waals surface area contributed by atoms with Crippen molar-refractivity contribution in [2.75, 3.05) is 13.1 Å². The first-order valence-electron chi connectivity index (χ1n) is 7.29. The molecule has 0 N–H and O–H groups in total. The van der Waals surface area contributed by atoms with Crippen molar-refractivity contribution in [3.63, 3.8) is 0 Å². The lowest BCUT2D eigenvalue weighted by atomic mass is 9.94. The van der Waals surface area contributed by atoms with Crippen LogP contribution in [0.1, 0.15) is 25.3 Å². The molecule has 0 amide bonds. The van der Waals surface area contributed by atoms with Gasteiger partial charge in [-0.05, 0) is 44.0 Å². The normalized spacial score (nSPS) is 20.1. The molecule has 0 aliphatic carbocycles. The standard InChI is InChI=1S/C17H20N2O/c1-13(20)14-5-4-10-19(11-14)12-15-8-9-18-17-7-3-2-6-16(15)17/h2-3,6-9,14H,4-5,10-12H2,1H3. The molecule has 3 nitrogen and oxygen atoms in total. The second-order valence-corrected chi connectivity index (χ2v) is 5.67. The van der Waals surface area contributed by atoms with Gasteiger partial charge in [0.25, 0.3) is 0 Å². The topological polar surface area (TPSA) is 33.2 Å². The number of ketones is 1. The molecule has 0 bridgehead atoms. The Kier molecular flexibility index (Phi) is 3.79. The van der Waals surface area contributed by atoms with Crippen LogP contribution in [0.3, 0.4) is 0 Å². The van der Waals surface area contributed by atoms with E-state index >= 15 is 0 Å². The van der Waals surface area contributed by atoms with E-state index in [4.69, 9.17) is 0 Å². The minimum atomic E-state index is 0.219. The molecule has 3 rings (SSSR count). The van der Waals surface area contributed by atoms with E-state index in [0.717, 1.165) is 38.0 Å². The first-order chi connectivity index (χ1) is 9.74. The number of rotatable bonds is 3. The first kappa shape index (κ1) is 13.3. The van der Waals surface area contributed by atoms with Crippen molar-refractivity contribution in [2.24, 2.45) is 5.92 Å². The molecule has 1 unspecified atom stereocenters. The summed E-state index contributed by atoms with van der Waals surface area (Å²) in [5.41, 5.74) is 2.35. The summed E-state index contributed by atoms with van der Waals surface area (Å²) in [6.07, 6.45) is 4.04. The number of carbonyl (C=O) groups excluding carboxylic acids is 1. The van der Waals surface area contributed by atoms with Crippen molar-refractivity contribution < 1.29 is 4.79 Å². The number of benzene rings is 1. The zero-order chi connectivity index (χ0) is 13.9. The highest BCUT2D eigenvalue weighted by atomic mass is 16.1. The molecular weight excluding hydrogens is 248 g/mol. The quantitative estimate of drug-likeness (QED) is 0.858. The van der Waals surface area contributed by atoms with Gasteiger partial charge in [-0.3, -0.25) is 14.7 Å². The largest absolute Gasteiger partial charge is 0.300 e. The maximum Gasteiger partial charge on any atom is 0.134 e. The molecule has 1 aliphatic heterocycles. The van der Waals surface area contributed by atoms with Crippen LogP contribution in [0.5, 0.6) is 0 Å². The number of likely N-dealkylation sites (tertiary alicyclic amines) is 1. The number of para-hydroxylation sites is 1. The maximum absolute atomic E-state index is 11.6. The fraction of sp³-hybridized carbons (Fsp3) is 0.412. The molecule has 1 saturated heterocycles. The SMILES string of the molecule is CC(=O)C1CCCN(Cc2ccnc3ccccc23)C1. The number of aromatic nitrogens is 1. The summed E-state index contributed by atoms with van der Waals surface area (Å²) < 4.78 is 0. The predicted octanol–water partition coefficient (Wildman–Crippen LogP) is 3.04. The van der Waals surface area contributed by atoms with Crippen molar-refractivity contribution in [1.29, 1.82) is 0 Å². The molecule has 0 radical (unpaired) electrons. The van der Waals surface area contributed by atoms with Crippen molar-refractivity contribution in [3.05, 3.63) is 42.1 Å². The average molecular weight is 268 g/mol. The summed E-state index contributed by atoms with van der Waals surface area (Å²) in [6.45, 7) is 4.61. The fourth-order valence-electron chi connectivity index (χ4n) is 3.06. The molecule has 1 fully saturated rings. The van der Waals surface area contributed by atoms with Crippen LogP contribution in [0.4, 0.5) is 0 Å². The van der Waals surface area contributed by atoms with Gasteiger partial charge < -0.3 is 0 Å². The van der Waals surface area contributed by atoms with Gasteiger partial charge in [0.1, 0.15) is 5.78 Å². The van der Waals surface area contributed by atoms with E-state index in [1.165, 1.54) is 10.9 Å². The number of hydrogen-bond donors (Lipinski definition) is 0. The molecule has 0 spiro atoms. The number of piperidine rings is 1. The number of hydrogen-bond acceptors (Lipinski definition) is 3. The predicted molar refractivity (Wildman–Crippen MR) is 80.4 cm³/mol. The first-order valence-corrected chi connectivity index (χ1v) is 7.29. The Hall–Kier alpha value is -1.74. The summed E-state index contributed by atoms with van der Waals surface area (Å²) >= 11 is 0. The third kappa shape index (κ3) is 2.73. The molecule has 104 valence electrons. The van der Waals surface area contributed by atoms with Crippen LogP contribution in [0.2, 0.25) is 0 Å². The van der Waals surface area contributed by atoms with Gasteiger partial charge in [0.15, 0.2) is 0 Å². The average Bonchev–Trinajstić information content (AvgIpc) is 2.48. The molecule has 1 aliphatic rings. The minimum Gasteiger partial charge on any atom is -0.300 e. The molecule has 3 heteroatoms. The monoisotopic (exact) mass is 268 g/mol. The van der Waals surface area contributed by atoms with Crippen LogP contribution < -0.4 is 0 Å². The highest BCUT2D eigenvalue weighted by molar-refractivity contribution is 5.81. The van der Waals surface area contributed by atoms with Crippen LogP contribution in [-0.2, 0) is 11.3 Å². The summed E-state index contributed by atoms with van der Waals surface area (Å²) in [4.78, 5) is 18.4. The van der Waals surface area contributed by atoms with E-state index in [1.54, 1.807) is 6.92 Å². The zero-order valence-corrected chi connectivity index (χ0v) is 11.9. The van der Waals surface area contributed by atoms with Gasteiger partial charge in [-0.15, -0.1) is 0 Å². The van der Waals surface area contributed by atoms with Gasteiger partial charge in [-0.1, -0.05) is 18.2 Å². The lowest BCUT2D eigenvalue weighted by molar-refractivity contribution is -0.122.